The Morgan fingerprint density at radius 1 is 1.27 bits per heavy atom. The molecule has 0 bridgehead atoms. The highest BCUT2D eigenvalue weighted by Gasteiger charge is 2.30. The first kappa shape index (κ1) is 21.5. The van der Waals surface area contributed by atoms with Crippen LogP contribution in [0, 0.1) is 12.3 Å². The van der Waals surface area contributed by atoms with Gasteiger partial charge in [-0.1, -0.05) is 23.7 Å². The maximum absolute atomic E-state index is 12.8. The average Bonchev–Trinajstić information content (AvgIpc) is 2.52. The van der Waals surface area contributed by atoms with Gasteiger partial charge in [-0.05, 0) is 42.3 Å². The molecule has 0 unspecified atom stereocenters. The molecule has 140 valence electrons. The Labute approximate surface area is 154 Å². The Morgan fingerprint density at radius 3 is 2.38 bits per heavy atom. The number of halogens is 4. The lowest BCUT2D eigenvalue weighted by Gasteiger charge is -2.14. The summed E-state index contributed by atoms with van der Waals surface area (Å²) in [7, 11) is 0. The number of rotatable bonds is 4. The fourth-order valence-electron chi connectivity index (χ4n) is 2.06. The third-order valence-electron chi connectivity index (χ3n) is 3.31. The zero-order chi connectivity index (χ0) is 19.9. The van der Waals surface area contributed by atoms with Crippen LogP contribution < -0.4 is 5.32 Å². The van der Waals surface area contributed by atoms with Crippen LogP contribution in [0.25, 0.3) is 0 Å². The number of aryl methyl sites for hydroxylation is 1. The lowest BCUT2D eigenvalue weighted by Crippen LogP contribution is -2.09. The van der Waals surface area contributed by atoms with E-state index >= 15 is 0 Å². The van der Waals surface area contributed by atoms with E-state index < -0.39 is 17.7 Å². The number of aliphatic carboxylic acids is 1. The van der Waals surface area contributed by atoms with Crippen molar-refractivity contribution in [3.63, 3.8) is 0 Å². The maximum Gasteiger partial charge on any atom is 0.416 e. The van der Waals surface area contributed by atoms with E-state index in [-0.39, 0.29) is 5.69 Å². The normalized spacial score (nSPS) is 10.5. The van der Waals surface area contributed by atoms with Crippen molar-refractivity contribution in [3.05, 3.63) is 63.7 Å². The molecule has 2 rings (SSSR count). The molecule has 0 heterocycles. The van der Waals surface area contributed by atoms with Crippen LogP contribution in [0.4, 0.5) is 18.9 Å². The van der Waals surface area contributed by atoms with Gasteiger partial charge in [0.15, 0.2) is 0 Å². The van der Waals surface area contributed by atoms with Crippen molar-refractivity contribution >= 4 is 29.5 Å². The molecule has 26 heavy (non-hydrogen) atoms. The Bertz CT molecular complexity index is 788. The van der Waals surface area contributed by atoms with Crippen molar-refractivity contribution in [2.24, 2.45) is 0 Å². The van der Waals surface area contributed by atoms with E-state index in [1.807, 2.05) is 13.0 Å². The quantitative estimate of drug-likeness (QED) is 0.618. The smallest absolute Gasteiger partial charge is 0.416 e. The standard InChI is InChI=1S/C16H14ClF3N2.C2H4O2/c1-10-6-14(17)5-3-12(10)9-22-15-7-13(16(18,19)20)4-2-11(15)8-21;1-2(3)4/h2-8,21-22H,9H2,1H3;1H3,(H,3,4). The third kappa shape index (κ3) is 6.76. The molecule has 3 N–H and O–H groups in total. The molecule has 2 aromatic rings. The molecule has 0 aliphatic carbocycles. The summed E-state index contributed by atoms with van der Waals surface area (Å²) in [5, 5.41) is 18.3. The van der Waals surface area contributed by atoms with Gasteiger partial charge in [-0.25, -0.2) is 0 Å². The van der Waals surface area contributed by atoms with Gasteiger partial charge in [0, 0.05) is 36.0 Å². The molecule has 4 nitrogen and oxygen atoms in total. The Kier molecular flexibility index (Phi) is 7.64. The third-order valence-corrected chi connectivity index (χ3v) is 3.55. The minimum Gasteiger partial charge on any atom is -0.481 e. The minimum atomic E-state index is -4.41. The molecule has 2 aromatic carbocycles. The molecule has 8 heteroatoms. The Hall–Kier alpha value is -2.54. The van der Waals surface area contributed by atoms with E-state index in [0.717, 1.165) is 36.4 Å². The molecule has 0 radical (unpaired) electrons. The summed E-state index contributed by atoms with van der Waals surface area (Å²) < 4.78 is 38.3. The molecule has 0 aromatic heterocycles. The van der Waals surface area contributed by atoms with Crippen molar-refractivity contribution < 1.29 is 23.1 Å². The summed E-state index contributed by atoms with van der Waals surface area (Å²) in [6.45, 7) is 3.32. The summed E-state index contributed by atoms with van der Waals surface area (Å²) in [5.74, 6) is -0.833. The van der Waals surface area contributed by atoms with E-state index in [1.54, 1.807) is 12.1 Å². The number of nitrogens with one attached hydrogen (secondary N) is 2. The van der Waals surface area contributed by atoms with Gasteiger partial charge in [-0.3, -0.25) is 4.79 Å². The van der Waals surface area contributed by atoms with E-state index in [4.69, 9.17) is 26.9 Å². The van der Waals surface area contributed by atoms with Crippen LogP contribution in [-0.2, 0) is 17.5 Å². The van der Waals surface area contributed by atoms with Crippen LogP contribution >= 0.6 is 11.6 Å². The van der Waals surface area contributed by atoms with Crippen LogP contribution in [-0.4, -0.2) is 17.3 Å². The minimum absolute atomic E-state index is 0.277. The fourth-order valence-corrected chi connectivity index (χ4v) is 2.29. The Balaban J connectivity index is 0.000000765. The number of hydrogen-bond donors (Lipinski definition) is 3. The molecule has 0 aliphatic rings. The number of alkyl halides is 3. The van der Waals surface area contributed by atoms with Gasteiger partial charge in [0.2, 0.25) is 0 Å². The zero-order valence-corrected chi connectivity index (χ0v) is 14.9. The van der Waals surface area contributed by atoms with Crippen molar-refractivity contribution in [1.82, 2.24) is 0 Å². The summed E-state index contributed by atoms with van der Waals surface area (Å²) >= 11 is 5.88. The van der Waals surface area contributed by atoms with Gasteiger partial charge in [-0.2, -0.15) is 13.2 Å². The van der Waals surface area contributed by atoms with Gasteiger partial charge in [0.25, 0.3) is 5.97 Å². The van der Waals surface area contributed by atoms with E-state index in [9.17, 15) is 13.2 Å². The highest BCUT2D eigenvalue weighted by atomic mass is 35.5. The highest BCUT2D eigenvalue weighted by Crippen LogP contribution is 2.32. The second-order valence-electron chi connectivity index (χ2n) is 5.39. The highest BCUT2D eigenvalue weighted by molar-refractivity contribution is 6.30. The number of carboxylic acids is 1. The lowest BCUT2D eigenvalue weighted by atomic mass is 10.1. The summed E-state index contributed by atoms with van der Waals surface area (Å²) in [6, 6.07) is 8.62. The Morgan fingerprint density at radius 2 is 1.88 bits per heavy atom. The summed E-state index contributed by atoms with van der Waals surface area (Å²) in [5.41, 5.74) is 1.81. The number of carboxylic acid groups (broad SMARTS) is 1. The first-order valence-corrected chi connectivity index (χ1v) is 7.82. The SMILES string of the molecule is CC(=O)O.Cc1cc(Cl)ccc1CNc1cc(C(F)(F)F)ccc1C=N. The van der Waals surface area contributed by atoms with Crippen molar-refractivity contribution in [3.8, 4) is 0 Å². The van der Waals surface area contributed by atoms with Crippen LogP contribution in [0.15, 0.2) is 36.4 Å². The van der Waals surface area contributed by atoms with Gasteiger partial charge >= 0.3 is 6.18 Å². The van der Waals surface area contributed by atoms with E-state index in [0.29, 0.717) is 17.1 Å². The van der Waals surface area contributed by atoms with Crippen molar-refractivity contribution in [1.29, 1.82) is 5.41 Å². The van der Waals surface area contributed by atoms with E-state index in [1.165, 1.54) is 6.07 Å². The second kappa shape index (κ2) is 9.24. The molecule has 0 atom stereocenters. The van der Waals surface area contributed by atoms with Crippen LogP contribution in [0.2, 0.25) is 5.02 Å². The second-order valence-corrected chi connectivity index (χ2v) is 5.82. The molecule has 0 saturated heterocycles. The monoisotopic (exact) mass is 386 g/mol. The van der Waals surface area contributed by atoms with Gasteiger partial charge < -0.3 is 15.8 Å². The summed E-state index contributed by atoms with van der Waals surface area (Å²) in [4.78, 5) is 9.00. The van der Waals surface area contributed by atoms with Gasteiger partial charge in [-0.15, -0.1) is 0 Å². The first-order chi connectivity index (χ1) is 12.0. The molecular formula is C18H18ClF3N2O2. The van der Waals surface area contributed by atoms with Crippen LogP contribution in [0.1, 0.15) is 29.2 Å². The van der Waals surface area contributed by atoms with Gasteiger partial charge in [0.1, 0.15) is 0 Å². The zero-order valence-electron chi connectivity index (χ0n) is 14.1. The van der Waals surface area contributed by atoms with Crippen LogP contribution in [0.5, 0.6) is 0 Å². The molecule has 0 saturated carbocycles. The summed E-state index contributed by atoms with van der Waals surface area (Å²) in [6.07, 6.45) is -3.38. The predicted octanol–water partition coefficient (Wildman–Crippen LogP) is 5.37. The number of benzene rings is 2. The number of anilines is 1. The van der Waals surface area contributed by atoms with Crippen LogP contribution in [0.3, 0.4) is 0 Å². The largest absolute Gasteiger partial charge is 0.481 e. The molecule has 0 amide bonds. The fraction of sp³-hybridized carbons (Fsp3) is 0.222. The van der Waals surface area contributed by atoms with Gasteiger partial charge in [0.05, 0.1) is 5.56 Å². The van der Waals surface area contributed by atoms with E-state index in [2.05, 4.69) is 5.32 Å². The molecular weight excluding hydrogens is 369 g/mol. The first-order valence-electron chi connectivity index (χ1n) is 7.44. The number of carbonyl (C=O) groups is 1. The topological polar surface area (TPSA) is 73.2 Å². The molecule has 0 fully saturated rings. The molecule has 0 aliphatic heterocycles. The molecule has 0 spiro atoms. The predicted molar refractivity (Wildman–Crippen MR) is 96.2 cm³/mol. The number of hydrogen-bond acceptors (Lipinski definition) is 3. The van der Waals surface area contributed by atoms with Crippen molar-refractivity contribution in [2.75, 3.05) is 5.32 Å². The van der Waals surface area contributed by atoms with Crippen molar-refractivity contribution in [2.45, 2.75) is 26.6 Å². The maximum atomic E-state index is 12.8. The average molecular weight is 387 g/mol. The lowest BCUT2D eigenvalue weighted by molar-refractivity contribution is -0.137.